The lowest BCUT2D eigenvalue weighted by Crippen LogP contribution is -2.47. The van der Waals surface area contributed by atoms with E-state index in [2.05, 4.69) is 10.3 Å². The molecule has 0 aliphatic carbocycles. The summed E-state index contributed by atoms with van der Waals surface area (Å²) in [5, 5.41) is 5.46. The van der Waals surface area contributed by atoms with Gasteiger partial charge in [0.15, 0.2) is 0 Å². The Labute approximate surface area is 183 Å². The normalized spacial score (nSPS) is 17.0. The van der Waals surface area contributed by atoms with Crippen LogP contribution in [0.4, 0.5) is 10.6 Å². The topological polar surface area (TPSA) is 80.8 Å². The molecule has 31 heavy (non-hydrogen) atoms. The van der Waals surface area contributed by atoms with Gasteiger partial charge in [0.25, 0.3) is 0 Å². The van der Waals surface area contributed by atoms with Crippen LogP contribution in [-0.4, -0.2) is 53.3 Å². The second-order valence-electron chi connectivity index (χ2n) is 8.60. The Balaban J connectivity index is 1.81. The molecule has 1 atom stereocenters. The predicted molar refractivity (Wildman–Crippen MR) is 122 cm³/mol. The Bertz CT molecular complexity index is 960. The first-order valence-electron chi connectivity index (χ1n) is 10.7. The minimum atomic E-state index is -0.519. The second-order valence-corrected chi connectivity index (χ2v) is 8.60. The van der Waals surface area contributed by atoms with E-state index in [1.165, 1.54) is 6.08 Å². The Hall–Kier alpha value is -3.09. The number of hydrogen-bond acceptors (Lipinski definition) is 6. The summed E-state index contributed by atoms with van der Waals surface area (Å²) >= 11 is 0. The van der Waals surface area contributed by atoms with Crippen LogP contribution in [-0.2, 0) is 14.3 Å². The van der Waals surface area contributed by atoms with E-state index in [9.17, 15) is 9.59 Å². The van der Waals surface area contributed by atoms with Crippen LogP contribution < -0.4 is 5.32 Å². The number of fused-ring (bicyclic) bond motifs is 1. The first-order chi connectivity index (χ1) is 14.8. The third-order valence-corrected chi connectivity index (χ3v) is 4.92. The first kappa shape index (κ1) is 22.6. The number of piperidine rings is 1. The Morgan fingerprint density at radius 2 is 2.10 bits per heavy atom. The Kier molecular flexibility index (Phi) is 7.15. The van der Waals surface area contributed by atoms with E-state index in [1.54, 1.807) is 24.1 Å². The van der Waals surface area contributed by atoms with E-state index in [4.69, 9.17) is 9.47 Å². The summed E-state index contributed by atoms with van der Waals surface area (Å²) in [4.78, 5) is 30.6. The summed E-state index contributed by atoms with van der Waals surface area (Å²) < 4.78 is 10.5. The van der Waals surface area contributed by atoms with Crippen LogP contribution >= 0.6 is 0 Å². The van der Waals surface area contributed by atoms with E-state index >= 15 is 0 Å². The molecule has 0 saturated carbocycles. The highest BCUT2D eigenvalue weighted by atomic mass is 16.6. The van der Waals surface area contributed by atoms with Crippen molar-refractivity contribution >= 4 is 34.7 Å². The lowest BCUT2D eigenvalue weighted by Gasteiger charge is -2.34. The van der Waals surface area contributed by atoms with Crippen LogP contribution in [0.15, 0.2) is 36.5 Å². The zero-order valence-electron chi connectivity index (χ0n) is 18.7. The van der Waals surface area contributed by atoms with Gasteiger partial charge >= 0.3 is 12.1 Å². The average Bonchev–Trinajstić information content (AvgIpc) is 2.71. The molecule has 1 aromatic heterocycles. The van der Waals surface area contributed by atoms with E-state index in [1.807, 2.05) is 45.0 Å². The van der Waals surface area contributed by atoms with Crippen LogP contribution in [0.2, 0.25) is 0 Å². The molecule has 7 heteroatoms. The zero-order valence-corrected chi connectivity index (χ0v) is 18.7. The van der Waals surface area contributed by atoms with Crippen molar-refractivity contribution in [2.24, 2.45) is 0 Å². The van der Waals surface area contributed by atoms with Gasteiger partial charge in [-0.2, -0.15) is 0 Å². The number of amides is 1. The highest BCUT2D eigenvalue weighted by molar-refractivity contribution is 6.00. The van der Waals surface area contributed by atoms with Crippen LogP contribution in [0.5, 0.6) is 0 Å². The molecule has 1 saturated heterocycles. The molecular weight excluding hydrogens is 394 g/mol. The van der Waals surface area contributed by atoms with Gasteiger partial charge in [0, 0.05) is 36.8 Å². The zero-order chi connectivity index (χ0) is 22.4. The number of ether oxygens (including phenoxy) is 2. The number of pyridine rings is 1. The molecule has 7 nitrogen and oxygen atoms in total. The van der Waals surface area contributed by atoms with Crippen molar-refractivity contribution in [2.75, 3.05) is 25.0 Å². The number of benzene rings is 1. The van der Waals surface area contributed by atoms with Crippen molar-refractivity contribution in [2.45, 2.75) is 52.2 Å². The average molecular weight is 426 g/mol. The van der Waals surface area contributed by atoms with Crippen LogP contribution in [0.1, 0.15) is 46.1 Å². The lowest BCUT2D eigenvalue weighted by molar-refractivity contribution is -0.137. The molecule has 0 spiro atoms. The number of likely N-dealkylation sites (tertiary alicyclic amines) is 1. The highest BCUT2D eigenvalue weighted by Gasteiger charge is 2.28. The van der Waals surface area contributed by atoms with Crippen molar-refractivity contribution in [3.05, 3.63) is 42.1 Å². The lowest BCUT2D eigenvalue weighted by atomic mass is 10.0. The number of carbonyl (C=O) groups is 2. The molecular formula is C24H31N3O4. The van der Waals surface area contributed by atoms with E-state index in [0.29, 0.717) is 19.7 Å². The van der Waals surface area contributed by atoms with Crippen LogP contribution in [0, 0.1) is 0 Å². The summed E-state index contributed by atoms with van der Waals surface area (Å²) in [6, 6.07) is 7.90. The number of carbonyl (C=O) groups excluding carboxylic acids is 2. The number of nitrogens with zero attached hydrogens (tertiary/aromatic N) is 2. The van der Waals surface area contributed by atoms with E-state index in [0.717, 1.165) is 35.0 Å². The smallest absolute Gasteiger partial charge is 0.410 e. The van der Waals surface area contributed by atoms with Gasteiger partial charge in [-0.15, -0.1) is 0 Å². The van der Waals surface area contributed by atoms with Gasteiger partial charge in [-0.1, -0.05) is 18.2 Å². The number of anilines is 1. The largest absolute Gasteiger partial charge is 0.463 e. The van der Waals surface area contributed by atoms with Crippen molar-refractivity contribution < 1.29 is 19.1 Å². The maximum atomic E-state index is 12.5. The molecule has 1 aromatic carbocycles. The van der Waals surface area contributed by atoms with Crippen molar-refractivity contribution in [1.82, 2.24) is 9.88 Å². The molecule has 3 rings (SSSR count). The fourth-order valence-corrected chi connectivity index (χ4v) is 3.63. The van der Waals surface area contributed by atoms with Crippen LogP contribution in [0.3, 0.4) is 0 Å². The minimum Gasteiger partial charge on any atom is -0.463 e. The molecule has 1 N–H and O–H groups in total. The molecule has 1 fully saturated rings. The van der Waals surface area contributed by atoms with Crippen molar-refractivity contribution in [3.8, 4) is 0 Å². The predicted octanol–water partition coefficient (Wildman–Crippen LogP) is 4.62. The molecule has 1 amide bonds. The van der Waals surface area contributed by atoms with Gasteiger partial charge in [-0.3, -0.25) is 0 Å². The number of nitrogens with one attached hydrogen (secondary N) is 1. The fourth-order valence-electron chi connectivity index (χ4n) is 3.63. The van der Waals surface area contributed by atoms with E-state index < -0.39 is 5.60 Å². The van der Waals surface area contributed by atoms with Crippen molar-refractivity contribution in [3.63, 3.8) is 0 Å². The third-order valence-electron chi connectivity index (χ3n) is 4.92. The number of rotatable bonds is 5. The summed E-state index contributed by atoms with van der Waals surface area (Å²) in [5.41, 5.74) is 0.357. The quantitative estimate of drug-likeness (QED) is 0.556. The molecule has 2 heterocycles. The maximum absolute atomic E-state index is 12.5. The minimum absolute atomic E-state index is 0.0569. The van der Waals surface area contributed by atoms with Gasteiger partial charge in [-0.05, 0) is 63.6 Å². The standard InChI is InChI=1S/C24H31N3O4/c1-5-30-20(28)12-11-17-8-6-9-18-13-14-25-22(21(17)18)26-19-10-7-15-27(16-19)23(29)31-24(2,3)4/h6,8-9,11-14,19H,5,7,10,15-16H2,1-4H3,(H,25,26)/b12-11+/t19-/m1/s1. The number of aromatic nitrogens is 1. The molecule has 0 radical (unpaired) electrons. The van der Waals surface area contributed by atoms with Crippen LogP contribution in [0.25, 0.3) is 16.8 Å². The van der Waals surface area contributed by atoms with Gasteiger partial charge in [0.2, 0.25) is 0 Å². The van der Waals surface area contributed by atoms with Gasteiger partial charge in [0.05, 0.1) is 6.61 Å². The Morgan fingerprint density at radius 1 is 1.29 bits per heavy atom. The van der Waals surface area contributed by atoms with Gasteiger partial charge < -0.3 is 19.7 Å². The third kappa shape index (κ3) is 6.20. The second kappa shape index (κ2) is 9.81. The summed E-state index contributed by atoms with van der Waals surface area (Å²) in [5.74, 6) is 0.357. The van der Waals surface area contributed by atoms with E-state index in [-0.39, 0.29) is 18.1 Å². The monoisotopic (exact) mass is 425 g/mol. The molecule has 1 aliphatic heterocycles. The number of esters is 1. The molecule has 0 bridgehead atoms. The van der Waals surface area contributed by atoms with Crippen molar-refractivity contribution in [1.29, 1.82) is 0 Å². The fraction of sp³-hybridized carbons (Fsp3) is 0.458. The molecule has 1 aliphatic rings. The SMILES string of the molecule is CCOC(=O)/C=C/c1cccc2ccnc(N[C@@H]3CCCN(C(=O)OC(C)(C)C)C3)c12. The molecule has 0 unspecified atom stereocenters. The van der Waals surface area contributed by atoms with Gasteiger partial charge in [-0.25, -0.2) is 14.6 Å². The summed E-state index contributed by atoms with van der Waals surface area (Å²) in [7, 11) is 0. The van der Waals surface area contributed by atoms with Gasteiger partial charge in [0.1, 0.15) is 11.4 Å². The highest BCUT2D eigenvalue weighted by Crippen LogP contribution is 2.28. The maximum Gasteiger partial charge on any atom is 0.410 e. The molecule has 166 valence electrons. The summed E-state index contributed by atoms with van der Waals surface area (Å²) in [6.45, 7) is 8.96. The Morgan fingerprint density at radius 3 is 2.84 bits per heavy atom. The molecule has 2 aromatic rings. The number of hydrogen-bond donors (Lipinski definition) is 1. The summed E-state index contributed by atoms with van der Waals surface area (Å²) in [6.07, 6.45) is 6.47. The first-order valence-corrected chi connectivity index (χ1v) is 10.7.